The Kier molecular flexibility index (Phi) is 6.31. The van der Waals surface area contributed by atoms with Crippen LogP contribution in [0, 0.1) is 10.1 Å². The lowest BCUT2D eigenvalue weighted by molar-refractivity contribution is -0.386. The monoisotopic (exact) mass is 392 g/mol. The zero-order chi connectivity index (χ0) is 20.1. The molecule has 11 nitrogen and oxygen atoms in total. The van der Waals surface area contributed by atoms with E-state index in [1.54, 1.807) is 18.2 Å². The van der Waals surface area contributed by atoms with Gasteiger partial charge in [0.1, 0.15) is 18.7 Å². The van der Waals surface area contributed by atoms with Gasteiger partial charge in [-0.3, -0.25) is 14.7 Å². The maximum absolute atomic E-state index is 12.1. The van der Waals surface area contributed by atoms with Crippen molar-refractivity contribution in [3.05, 3.63) is 62.7 Å². The molecule has 1 aromatic carbocycles. The Bertz CT molecular complexity index is 888. The molecular weight excluding hydrogens is 372 g/mol. The Labute approximate surface area is 159 Å². The Morgan fingerprint density at radius 3 is 2.89 bits per heavy atom. The third kappa shape index (κ3) is 4.51. The summed E-state index contributed by atoms with van der Waals surface area (Å²) in [5, 5.41) is 20.4. The van der Waals surface area contributed by atoms with E-state index in [-0.39, 0.29) is 31.5 Å². The van der Waals surface area contributed by atoms with Crippen molar-refractivity contribution in [2.45, 2.75) is 31.5 Å². The molecule has 0 amide bonds. The lowest BCUT2D eigenvalue weighted by Crippen LogP contribution is -2.33. The molecular formula is C17H20N4O7. The number of ether oxygens (including phenoxy) is 3. The van der Waals surface area contributed by atoms with Gasteiger partial charge in [-0.05, 0) is 12.1 Å². The summed E-state index contributed by atoms with van der Waals surface area (Å²) in [6, 6.07) is 7.71. The van der Waals surface area contributed by atoms with Crippen LogP contribution in [0.1, 0.15) is 18.2 Å². The number of nitro groups is 1. The molecule has 28 heavy (non-hydrogen) atoms. The highest BCUT2D eigenvalue weighted by atomic mass is 16.7. The predicted molar refractivity (Wildman–Crippen MR) is 96.1 cm³/mol. The number of nitrogens with zero attached hydrogens (tertiary/aromatic N) is 3. The van der Waals surface area contributed by atoms with E-state index in [9.17, 15) is 20.0 Å². The molecule has 1 aliphatic rings. The molecule has 2 aromatic rings. The molecule has 150 valence electrons. The SMILES string of the molecule is Nc1ccn([C@@H]2O[C@H](CO)CC2OCOCc2ccccc2[N+](=O)[O-])c(=O)n1. The molecule has 0 spiro atoms. The molecule has 0 radical (unpaired) electrons. The fourth-order valence-corrected chi connectivity index (χ4v) is 2.95. The number of aliphatic hydroxyl groups excluding tert-OH is 1. The number of nitrogen functional groups attached to an aromatic ring is 1. The summed E-state index contributed by atoms with van der Waals surface area (Å²) < 4.78 is 18.0. The van der Waals surface area contributed by atoms with Crippen LogP contribution in [-0.4, -0.2) is 45.2 Å². The number of anilines is 1. The molecule has 3 N–H and O–H groups in total. The predicted octanol–water partition coefficient (Wildman–Crippen LogP) is 0.573. The second-order valence-electron chi connectivity index (χ2n) is 6.17. The molecule has 3 rings (SSSR count). The number of nitro benzene ring substituents is 1. The molecule has 11 heteroatoms. The van der Waals surface area contributed by atoms with Crippen LogP contribution in [0.3, 0.4) is 0 Å². The quantitative estimate of drug-likeness (QED) is 0.284. The Balaban J connectivity index is 1.62. The van der Waals surface area contributed by atoms with Gasteiger partial charge in [-0.15, -0.1) is 0 Å². The fourth-order valence-electron chi connectivity index (χ4n) is 2.95. The third-order valence-electron chi connectivity index (χ3n) is 4.29. The standard InChI is InChI=1S/C17H20N4O7/c18-15-5-6-20(17(23)19-15)16-14(7-12(8-22)28-16)27-10-26-9-11-3-1-2-4-13(11)21(24)25/h1-6,12,14,16,22H,7-10H2,(H2,18,19,23)/t12-,14?,16+/m0/s1. The summed E-state index contributed by atoms with van der Waals surface area (Å²) in [5.74, 6) is 0.0863. The van der Waals surface area contributed by atoms with E-state index in [0.717, 1.165) is 0 Å². The minimum absolute atomic E-state index is 0.0117. The second-order valence-corrected chi connectivity index (χ2v) is 6.17. The number of rotatable bonds is 8. The molecule has 1 aliphatic heterocycles. The smallest absolute Gasteiger partial charge is 0.351 e. The first-order valence-electron chi connectivity index (χ1n) is 8.52. The highest BCUT2D eigenvalue weighted by Crippen LogP contribution is 2.30. The van der Waals surface area contributed by atoms with Crippen molar-refractivity contribution < 1.29 is 24.2 Å². The van der Waals surface area contributed by atoms with Gasteiger partial charge in [0.2, 0.25) is 0 Å². The first-order valence-corrected chi connectivity index (χ1v) is 8.52. The summed E-state index contributed by atoms with van der Waals surface area (Å²) in [6.45, 7) is -0.418. The maximum atomic E-state index is 12.1. The highest BCUT2D eigenvalue weighted by Gasteiger charge is 2.37. The average Bonchev–Trinajstić information content (AvgIpc) is 3.08. The van der Waals surface area contributed by atoms with Crippen LogP contribution in [0.25, 0.3) is 0 Å². The minimum Gasteiger partial charge on any atom is -0.394 e. The topological polar surface area (TPSA) is 152 Å². The first kappa shape index (κ1) is 19.9. The van der Waals surface area contributed by atoms with Crippen LogP contribution >= 0.6 is 0 Å². The number of hydrogen-bond donors (Lipinski definition) is 2. The van der Waals surface area contributed by atoms with Gasteiger partial charge in [0.25, 0.3) is 5.69 Å². The van der Waals surface area contributed by atoms with Crippen LogP contribution in [0.15, 0.2) is 41.3 Å². The molecule has 3 atom stereocenters. The molecule has 1 saturated heterocycles. The van der Waals surface area contributed by atoms with Crippen LogP contribution in [0.4, 0.5) is 11.5 Å². The van der Waals surface area contributed by atoms with E-state index in [2.05, 4.69) is 4.98 Å². The van der Waals surface area contributed by atoms with Crippen molar-refractivity contribution in [1.82, 2.24) is 9.55 Å². The molecule has 1 fully saturated rings. The Hall–Kier alpha value is -2.86. The van der Waals surface area contributed by atoms with Crippen molar-refractivity contribution in [1.29, 1.82) is 0 Å². The van der Waals surface area contributed by atoms with Gasteiger partial charge >= 0.3 is 5.69 Å². The molecule has 1 unspecified atom stereocenters. The van der Waals surface area contributed by atoms with E-state index in [1.807, 2.05) is 0 Å². The van der Waals surface area contributed by atoms with Crippen LogP contribution in [0.2, 0.25) is 0 Å². The Morgan fingerprint density at radius 1 is 1.39 bits per heavy atom. The summed E-state index contributed by atoms with van der Waals surface area (Å²) in [7, 11) is 0. The molecule has 1 aromatic heterocycles. The van der Waals surface area contributed by atoms with Gasteiger partial charge in [-0.1, -0.05) is 12.1 Å². The van der Waals surface area contributed by atoms with Crippen molar-refractivity contribution in [3.8, 4) is 0 Å². The van der Waals surface area contributed by atoms with Crippen molar-refractivity contribution >= 4 is 11.5 Å². The van der Waals surface area contributed by atoms with Gasteiger partial charge < -0.3 is 25.1 Å². The second kappa shape index (κ2) is 8.89. The summed E-state index contributed by atoms with van der Waals surface area (Å²) in [6.07, 6.45) is -0.0972. The van der Waals surface area contributed by atoms with E-state index in [1.165, 1.54) is 22.9 Å². The van der Waals surface area contributed by atoms with Crippen molar-refractivity contribution in [2.24, 2.45) is 0 Å². The van der Waals surface area contributed by atoms with Crippen molar-refractivity contribution in [2.75, 3.05) is 19.1 Å². The average molecular weight is 392 g/mol. The zero-order valence-corrected chi connectivity index (χ0v) is 14.8. The maximum Gasteiger partial charge on any atom is 0.351 e. The van der Waals surface area contributed by atoms with Gasteiger partial charge in [0.15, 0.2) is 6.23 Å². The number of benzene rings is 1. The van der Waals surface area contributed by atoms with Gasteiger partial charge in [0, 0.05) is 18.7 Å². The largest absolute Gasteiger partial charge is 0.394 e. The number of aliphatic hydroxyl groups is 1. The fraction of sp³-hybridized carbons (Fsp3) is 0.412. The van der Waals surface area contributed by atoms with Gasteiger partial charge in [0.05, 0.1) is 29.8 Å². The molecule has 0 bridgehead atoms. The van der Waals surface area contributed by atoms with E-state index >= 15 is 0 Å². The molecule has 0 aliphatic carbocycles. The molecule has 2 heterocycles. The minimum atomic E-state index is -0.799. The van der Waals surface area contributed by atoms with Crippen LogP contribution < -0.4 is 11.4 Å². The van der Waals surface area contributed by atoms with E-state index < -0.39 is 29.0 Å². The first-order chi connectivity index (χ1) is 13.5. The van der Waals surface area contributed by atoms with E-state index in [4.69, 9.17) is 19.9 Å². The molecule has 0 saturated carbocycles. The normalized spacial score (nSPS) is 21.7. The highest BCUT2D eigenvalue weighted by molar-refractivity contribution is 5.39. The van der Waals surface area contributed by atoms with Crippen LogP contribution in [-0.2, 0) is 20.8 Å². The van der Waals surface area contributed by atoms with Crippen LogP contribution in [0.5, 0.6) is 0 Å². The van der Waals surface area contributed by atoms with Gasteiger partial charge in [-0.25, -0.2) is 4.79 Å². The number of para-hydroxylation sites is 1. The summed E-state index contributed by atoms with van der Waals surface area (Å²) >= 11 is 0. The van der Waals surface area contributed by atoms with E-state index in [0.29, 0.717) is 12.0 Å². The number of nitrogens with two attached hydrogens (primary N) is 1. The van der Waals surface area contributed by atoms with Crippen molar-refractivity contribution in [3.63, 3.8) is 0 Å². The summed E-state index contributed by atoms with van der Waals surface area (Å²) in [5.41, 5.74) is 5.28. The summed E-state index contributed by atoms with van der Waals surface area (Å²) in [4.78, 5) is 26.3. The Morgan fingerprint density at radius 2 is 2.18 bits per heavy atom. The number of hydrogen-bond acceptors (Lipinski definition) is 9. The lowest BCUT2D eigenvalue weighted by atomic mass is 10.2. The third-order valence-corrected chi connectivity index (χ3v) is 4.29. The zero-order valence-electron chi connectivity index (χ0n) is 14.8. The van der Waals surface area contributed by atoms with Gasteiger partial charge in [-0.2, -0.15) is 4.98 Å². The number of aromatic nitrogens is 2. The lowest BCUT2D eigenvalue weighted by Gasteiger charge is -2.20.